The van der Waals surface area contributed by atoms with Crippen LogP contribution in [0.25, 0.3) is 0 Å². The van der Waals surface area contributed by atoms with E-state index in [9.17, 15) is 9.59 Å². The zero-order valence-electron chi connectivity index (χ0n) is 9.04. The lowest BCUT2D eigenvalue weighted by Gasteiger charge is -2.22. The van der Waals surface area contributed by atoms with Gasteiger partial charge in [0.25, 0.3) is 0 Å². The molecule has 0 bridgehead atoms. The standard InChI is InChI=1S/C10H18N2O2/c1-4-9(13)12-6-7(2)5-8(12)10(14)11-3/h7-8H,4-6H2,1-3H3,(H,11,14)/t7-,8+/m1/s1. The fourth-order valence-corrected chi connectivity index (χ4v) is 1.94. The Labute approximate surface area is 84.7 Å². The van der Waals surface area contributed by atoms with E-state index < -0.39 is 0 Å². The van der Waals surface area contributed by atoms with Crippen LogP contribution < -0.4 is 5.32 Å². The van der Waals surface area contributed by atoms with Crippen molar-refractivity contribution in [1.29, 1.82) is 0 Å². The Balaban J connectivity index is 2.72. The van der Waals surface area contributed by atoms with Gasteiger partial charge in [0.15, 0.2) is 0 Å². The number of rotatable bonds is 2. The summed E-state index contributed by atoms with van der Waals surface area (Å²) in [6.45, 7) is 4.61. The van der Waals surface area contributed by atoms with Gasteiger partial charge in [0, 0.05) is 20.0 Å². The lowest BCUT2D eigenvalue weighted by atomic mass is 10.1. The molecule has 0 aromatic carbocycles. The van der Waals surface area contributed by atoms with Crippen LogP contribution in [0.2, 0.25) is 0 Å². The van der Waals surface area contributed by atoms with Crippen LogP contribution in [0.3, 0.4) is 0 Å². The van der Waals surface area contributed by atoms with Crippen LogP contribution in [0.1, 0.15) is 26.7 Å². The molecule has 0 radical (unpaired) electrons. The second-order valence-corrected chi connectivity index (χ2v) is 3.87. The Morgan fingerprint density at radius 2 is 2.14 bits per heavy atom. The van der Waals surface area contributed by atoms with Crippen LogP contribution in [0.5, 0.6) is 0 Å². The SMILES string of the molecule is CCC(=O)N1C[C@H](C)C[C@H]1C(=O)NC. The molecule has 14 heavy (non-hydrogen) atoms. The molecule has 1 N–H and O–H groups in total. The van der Waals surface area contributed by atoms with Gasteiger partial charge in [0.1, 0.15) is 6.04 Å². The molecule has 1 aliphatic rings. The monoisotopic (exact) mass is 198 g/mol. The molecule has 1 fully saturated rings. The minimum Gasteiger partial charge on any atom is -0.357 e. The van der Waals surface area contributed by atoms with E-state index >= 15 is 0 Å². The van der Waals surface area contributed by atoms with Crippen molar-refractivity contribution in [2.75, 3.05) is 13.6 Å². The molecule has 80 valence electrons. The van der Waals surface area contributed by atoms with Gasteiger partial charge in [-0.1, -0.05) is 13.8 Å². The van der Waals surface area contributed by atoms with E-state index in [1.807, 2.05) is 6.92 Å². The second-order valence-electron chi connectivity index (χ2n) is 3.87. The van der Waals surface area contributed by atoms with Crippen LogP contribution in [-0.2, 0) is 9.59 Å². The van der Waals surface area contributed by atoms with Gasteiger partial charge in [-0.05, 0) is 12.3 Å². The fraction of sp³-hybridized carbons (Fsp3) is 0.800. The van der Waals surface area contributed by atoms with Gasteiger partial charge >= 0.3 is 0 Å². The number of nitrogens with one attached hydrogen (secondary N) is 1. The van der Waals surface area contributed by atoms with E-state index in [4.69, 9.17) is 0 Å². The topological polar surface area (TPSA) is 49.4 Å². The number of likely N-dealkylation sites (tertiary alicyclic amines) is 1. The highest BCUT2D eigenvalue weighted by Crippen LogP contribution is 2.23. The van der Waals surface area contributed by atoms with E-state index in [0.717, 1.165) is 6.42 Å². The van der Waals surface area contributed by atoms with Gasteiger partial charge < -0.3 is 10.2 Å². The zero-order valence-corrected chi connectivity index (χ0v) is 9.04. The third-order valence-electron chi connectivity index (χ3n) is 2.68. The minimum absolute atomic E-state index is 0.0452. The number of hydrogen-bond donors (Lipinski definition) is 1. The van der Waals surface area contributed by atoms with Crippen LogP contribution in [0.15, 0.2) is 0 Å². The number of hydrogen-bond acceptors (Lipinski definition) is 2. The Morgan fingerprint density at radius 3 is 2.64 bits per heavy atom. The molecule has 1 saturated heterocycles. The summed E-state index contributed by atoms with van der Waals surface area (Å²) in [6, 6.07) is -0.248. The van der Waals surface area contributed by atoms with Crippen LogP contribution >= 0.6 is 0 Å². The number of carbonyl (C=O) groups excluding carboxylic acids is 2. The summed E-state index contributed by atoms with van der Waals surface area (Å²) in [5.41, 5.74) is 0. The minimum atomic E-state index is -0.248. The molecule has 0 saturated carbocycles. The van der Waals surface area contributed by atoms with Crippen molar-refractivity contribution in [3.8, 4) is 0 Å². The molecule has 2 atom stereocenters. The quantitative estimate of drug-likeness (QED) is 0.697. The van der Waals surface area contributed by atoms with E-state index in [2.05, 4.69) is 12.2 Å². The van der Waals surface area contributed by atoms with Crippen molar-refractivity contribution in [1.82, 2.24) is 10.2 Å². The molecule has 1 aliphatic heterocycles. The van der Waals surface area contributed by atoms with Gasteiger partial charge in [-0.2, -0.15) is 0 Å². The van der Waals surface area contributed by atoms with Gasteiger partial charge in [-0.15, -0.1) is 0 Å². The summed E-state index contributed by atoms with van der Waals surface area (Å²) in [7, 11) is 1.61. The average molecular weight is 198 g/mol. The van der Waals surface area contributed by atoms with Gasteiger partial charge in [0.05, 0.1) is 0 Å². The van der Waals surface area contributed by atoms with E-state index in [-0.39, 0.29) is 17.9 Å². The van der Waals surface area contributed by atoms with Crippen LogP contribution in [0.4, 0.5) is 0 Å². The Bertz CT molecular complexity index is 216. The number of amides is 2. The van der Waals surface area contributed by atoms with E-state index in [1.165, 1.54) is 0 Å². The van der Waals surface area contributed by atoms with Crippen molar-refractivity contribution in [3.05, 3.63) is 0 Å². The highest BCUT2D eigenvalue weighted by Gasteiger charge is 2.36. The molecule has 1 heterocycles. The molecule has 0 spiro atoms. The zero-order chi connectivity index (χ0) is 10.7. The second kappa shape index (κ2) is 4.44. The van der Waals surface area contributed by atoms with Crippen LogP contribution in [-0.4, -0.2) is 36.3 Å². The predicted molar refractivity (Wildman–Crippen MR) is 53.6 cm³/mol. The van der Waals surface area contributed by atoms with Gasteiger partial charge in [-0.25, -0.2) is 0 Å². The molecular weight excluding hydrogens is 180 g/mol. The third-order valence-corrected chi connectivity index (χ3v) is 2.68. The molecule has 0 aromatic rings. The maximum atomic E-state index is 11.5. The average Bonchev–Trinajstić information content (AvgIpc) is 2.58. The number of nitrogens with zero attached hydrogens (tertiary/aromatic N) is 1. The maximum absolute atomic E-state index is 11.5. The molecule has 1 rings (SSSR count). The highest BCUT2D eigenvalue weighted by atomic mass is 16.2. The first-order chi connectivity index (χ1) is 6.60. The Kier molecular flexibility index (Phi) is 3.49. The Morgan fingerprint density at radius 1 is 1.50 bits per heavy atom. The first kappa shape index (κ1) is 11.0. The van der Waals surface area contributed by atoms with Gasteiger partial charge in [0.2, 0.25) is 11.8 Å². The molecule has 2 amide bonds. The molecule has 0 aromatic heterocycles. The van der Waals surface area contributed by atoms with Crippen molar-refractivity contribution in [3.63, 3.8) is 0 Å². The molecule has 4 nitrogen and oxygen atoms in total. The number of likely N-dealkylation sites (N-methyl/N-ethyl adjacent to an activating group) is 1. The number of carbonyl (C=O) groups is 2. The molecular formula is C10H18N2O2. The van der Waals surface area contributed by atoms with Crippen LogP contribution in [0, 0.1) is 5.92 Å². The lowest BCUT2D eigenvalue weighted by molar-refractivity contribution is -0.138. The normalized spacial score (nSPS) is 26.4. The van der Waals surface area contributed by atoms with Crippen molar-refractivity contribution >= 4 is 11.8 Å². The predicted octanol–water partition coefficient (Wildman–Crippen LogP) is 0.379. The van der Waals surface area contributed by atoms with Gasteiger partial charge in [-0.3, -0.25) is 9.59 Å². The first-order valence-corrected chi connectivity index (χ1v) is 5.11. The summed E-state index contributed by atoms with van der Waals surface area (Å²) < 4.78 is 0. The fourth-order valence-electron chi connectivity index (χ4n) is 1.94. The van der Waals surface area contributed by atoms with Crippen molar-refractivity contribution in [2.45, 2.75) is 32.7 Å². The molecule has 0 aliphatic carbocycles. The highest BCUT2D eigenvalue weighted by molar-refractivity contribution is 5.88. The maximum Gasteiger partial charge on any atom is 0.242 e. The first-order valence-electron chi connectivity index (χ1n) is 5.11. The van der Waals surface area contributed by atoms with E-state index in [1.54, 1.807) is 11.9 Å². The summed E-state index contributed by atoms with van der Waals surface area (Å²) in [6.07, 6.45) is 1.26. The lowest BCUT2D eigenvalue weighted by Crippen LogP contribution is -2.44. The largest absolute Gasteiger partial charge is 0.357 e. The van der Waals surface area contributed by atoms with Crippen molar-refractivity contribution in [2.24, 2.45) is 5.92 Å². The summed E-state index contributed by atoms with van der Waals surface area (Å²) in [5, 5.41) is 2.60. The smallest absolute Gasteiger partial charge is 0.242 e. The van der Waals surface area contributed by atoms with Crippen molar-refractivity contribution < 1.29 is 9.59 Å². The van der Waals surface area contributed by atoms with E-state index in [0.29, 0.717) is 18.9 Å². The third kappa shape index (κ3) is 2.05. The molecule has 4 heteroatoms. The summed E-state index contributed by atoms with van der Waals surface area (Å²) >= 11 is 0. The summed E-state index contributed by atoms with van der Waals surface area (Å²) in [4.78, 5) is 24.7. The summed E-state index contributed by atoms with van der Waals surface area (Å²) in [5.74, 6) is 0.451. The molecule has 0 unspecified atom stereocenters. The Hall–Kier alpha value is -1.06.